The van der Waals surface area contributed by atoms with Crippen molar-refractivity contribution in [2.45, 2.75) is 46.0 Å². The highest BCUT2D eigenvalue weighted by Gasteiger charge is 2.26. The minimum absolute atomic E-state index is 0. The summed E-state index contributed by atoms with van der Waals surface area (Å²) in [7, 11) is 0. The number of amides is 1. The van der Waals surface area contributed by atoms with Crippen LogP contribution in [0.15, 0.2) is 4.52 Å². The van der Waals surface area contributed by atoms with E-state index in [1.807, 2.05) is 0 Å². The van der Waals surface area contributed by atoms with Gasteiger partial charge in [-0.1, -0.05) is 12.1 Å². The number of nitrogens with zero attached hydrogens (tertiary/aromatic N) is 2. The Hall–Kier alpha value is -1.14. The van der Waals surface area contributed by atoms with E-state index in [-0.39, 0.29) is 23.7 Å². The fraction of sp³-hybridized carbons (Fsp3) is 0.786. The van der Waals surface area contributed by atoms with Crippen LogP contribution in [0.4, 0.5) is 0 Å². The SMILES string of the molecule is Cc1noc(CCCC(=O)NCC2(C)CCNCC2)n1.Cl. The second kappa shape index (κ2) is 8.34. The molecule has 1 amide bonds. The first-order valence-electron chi connectivity index (χ1n) is 7.34. The highest BCUT2D eigenvalue weighted by Crippen LogP contribution is 2.26. The molecule has 1 fully saturated rings. The monoisotopic (exact) mass is 316 g/mol. The molecule has 1 aliphatic heterocycles. The van der Waals surface area contributed by atoms with E-state index < -0.39 is 0 Å². The third-order valence-corrected chi connectivity index (χ3v) is 3.89. The second-order valence-corrected chi connectivity index (χ2v) is 5.93. The van der Waals surface area contributed by atoms with Crippen LogP contribution in [0.25, 0.3) is 0 Å². The van der Waals surface area contributed by atoms with Crippen molar-refractivity contribution >= 4 is 18.3 Å². The molecule has 1 aromatic rings. The number of nitrogens with one attached hydrogen (secondary N) is 2. The van der Waals surface area contributed by atoms with Crippen molar-refractivity contribution in [3.8, 4) is 0 Å². The van der Waals surface area contributed by atoms with Gasteiger partial charge in [0, 0.05) is 19.4 Å². The van der Waals surface area contributed by atoms with Gasteiger partial charge in [0.05, 0.1) is 0 Å². The lowest BCUT2D eigenvalue weighted by Crippen LogP contribution is -2.42. The maximum Gasteiger partial charge on any atom is 0.226 e. The first kappa shape index (κ1) is 17.9. The van der Waals surface area contributed by atoms with Crippen molar-refractivity contribution in [3.05, 3.63) is 11.7 Å². The summed E-state index contributed by atoms with van der Waals surface area (Å²) in [5.41, 5.74) is 0.241. The third-order valence-electron chi connectivity index (χ3n) is 3.89. The highest BCUT2D eigenvalue weighted by atomic mass is 35.5. The predicted molar refractivity (Wildman–Crippen MR) is 82.4 cm³/mol. The molecule has 1 saturated heterocycles. The average molecular weight is 317 g/mol. The zero-order valence-electron chi connectivity index (χ0n) is 12.8. The quantitative estimate of drug-likeness (QED) is 0.834. The van der Waals surface area contributed by atoms with Gasteiger partial charge in [-0.15, -0.1) is 12.4 Å². The number of rotatable bonds is 6. The van der Waals surface area contributed by atoms with Gasteiger partial charge in [-0.3, -0.25) is 4.79 Å². The zero-order valence-corrected chi connectivity index (χ0v) is 13.6. The molecule has 1 aromatic heterocycles. The Morgan fingerprint density at radius 3 is 2.76 bits per heavy atom. The molecule has 0 atom stereocenters. The summed E-state index contributed by atoms with van der Waals surface area (Å²) in [6.45, 7) is 6.90. The molecular formula is C14H25ClN4O2. The van der Waals surface area contributed by atoms with E-state index in [1.165, 1.54) is 0 Å². The number of halogens is 1. The van der Waals surface area contributed by atoms with Crippen molar-refractivity contribution in [3.63, 3.8) is 0 Å². The van der Waals surface area contributed by atoms with Gasteiger partial charge in [-0.2, -0.15) is 4.98 Å². The molecule has 7 heteroatoms. The van der Waals surface area contributed by atoms with E-state index in [4.69, 9.17) is 4.52 Å². The summed E-state index contributed by atoms with van der Waals surface area (Å²) in [6, 6.07) is 0. The van der Waals surface area contributed by atoms with Gasteiger partial charge < -0.3 is 15.2 Å². The van der Waals surface area contributed by atoms with Gasteiger partial charge in [-0.25, -0.2) is 0 Å². The molecule has 2 N–H and O–H groups in total. The highest BCUT2D eigenvalue weighted by molar-refractivity contribution is 5.85. The zero-order chi connectivity index (χ0) is 14.4. The van der Waals surface area contributed by atoms with Crippen LogP contribution in [0, 0.1) is 12.3 Å². The molecule has 0 spiro atoms. The molecule has 0 unspecified atom stereocenters. The van der Waals surface area contributed by atoms with E-state index in [0.29, 0.717) is 24.6 Å². The number of aryl methyl sites for hydroxylation is 2. The third kappa shape index (κ3) is 6.01. The Labute approximate surface area is 131 Å². The Morgan fingerprint density at radius 1 is 1.43 bits per heavy atom. The summed E-state index contributed by atoms with van der Waals surface area (Å²) in [6.07, 6.45) is 4.15. The van der Waals surface area contributed by atoms with Crippen LogP contribution in [0.3, 0.4) is 0 Å². The molecule has 0 aliphatic carbocycles. The Morgan fingerprint density at radius 2 is 2.14 bits per heavy atom. The number of carbonyl (C=O) groups is 1. The average Bonchev–Trinajstić information content (AvgIpc) is 2.83. The van der Waals surface area contributed by atoms with Gasteiger partial charge in [0.15, 0.2) is 5.82 Å². The fourth-order valence-corrected chi connectivity index (χ4v) is 2.45. The first-order valence-corrected chi connectivity index (χ1v) is 7.34. The van der Waals surface area contributed by atoms with Crippen molar-refractivity contribution in [1.29, 1.82) is 0 Å². The molecule has 0 radical (unpaired) electrons. The Kier molecular flexibility index (Phi) is 7.11. The molecule has 0 saturated carbocycles. The summed E-state index contributed by atoms with van der Waals surface area (Å²) in [5, 5.41) is 10.1. The van der Waals surface area contributed by atoms with Crippen LogP contribution in [0.2, 0.25) is 0 Å². The lowest BCUT2D eigenvalue weighted by atomic mass is 9.81. The van der Waals surface area contributed by atoms with E-state index in [9.17, 15) is 4.79 Å². The molecule has 21 heavy (non-hydrogen) atoms. The van der Waals surface area contributed by atoms with E-state index >= 15 is 0 Å². The lowest BCUT2D eigenvalue weighted by molar-refractivity contribution is -0.121. The molecular weight excluding hydrogens is 292 g/mol. The smallest absolute Gasteiger partial charge is 0.226 e. The van der Waals surface area contributed by atoms with Crippen LogP contribution in [-0.2, 0) is 11.2 Å². The second-order valence-electron chi connectivity index (χ2n) is 5.93. The van der Waals surface area contributed by atoms with Crippen molar-refractivity contribution in [2.24, 2.45) is 5.41 Å². The van der Waals surface area contributed by atoms with E-state index in [0.717, 1.165) is 38.9 Å². The minimum atomic E-state index is 0. The van der Waals surface area contributed by atoms with Gasteiger partial charge in [0.25, 0.3) is 0 Å². The minimum Gasteiger partial charge on any atom is -0.356 e. The topological polar surface area (TPSA) is 80.0 Å². The first-order chi connectivity index (χ1) is 9.57. The molecule has 120 valence electrons. The van der Waals surface area contributed by atoms with Crippen LogP contribution in [0.5, 0.6) is 0 Å². The number of piperidine rings is 1. The number of hydrogen-bond acceptors (Lipinski definition) is 5. The van der Waals surface area contributed by atoms with Gasteiger partial charge in [0.2, 0.25) is 11.8 Å². The maximum atomic E-state index is 11.8. The molecule has 2 rings (SSSR count). The molecule has 2 heterocycles. The van der Waals surface area contributed by atoms with Crippen LogP contribution in [0.1, 0.15) is 44.3 Å². The van der Waals surface area contributed by atoms with Crippen molar-refractivity contribution < 1.29 is 9.32 Å². The normalized spacial score (nSPS) is 17.0. The van der Waals surface area contributed by atoms with Crippen molar-refractivity contribution in [1.82, 2.24) is 20.8 Å². The predicted octanol–water partition coefficient (Wildman–Crippen LogP) is 1.63. The van der Waals surface area contributed by atoms with Gasteiger partial charge >= 0.3 is 0 Å². The van der Waals surface area contributed by atoms with E-state index in [1.54, 1.807) is 6.92 Å². The maximum absolute atomic E-state index is 11.8. The number of aromatic nitrogens is 2. The van der Waals surface area contributed by atoms with Crippen LogP contribution in [-0.4, -0.2) is 35.7 Å². The molecule has 0 bridgehead atoms. The summed E-state index contributed by atoms with van der Waals surface area (Å²) in [5.74, 6) is 1.37. The largest absolute Gasteiger partial charge is 0.356 e. The molecule has 1 aliphatic rings. The Bertz CT molecular complexity index is 444. The summed E-state index contributed by atoms with van der Waals surface area (Å²) in [4.78, 5) is 16.0. The van der Waals surface area contributed by atoms with E-state index in [2.05, 4.69) is 27.7 Å². The standard InChI is InChI=1S/C14H24N4O2.ClH/c1-11-17-13(20-18-11)5-3-4-12(19)16-10-14(2)6-8-15-9-7-14;/h15H,3-10H2,1-2H3,(H,16,19);1H. The van der Waals surface area contributed by atoms with Gasteiger partial charge in [-0.05, 0) is 44.7 Å². The number of hydrogen-bond donors (Lipinski definition) is 2. The number of carbonyl (C=O) groups excluding carboxylic acids is 1. The summed E-state index contributed by atoms with van der Waals surface area (Å²) >= 11 is 0. The van der Waals surface area contributed by atoms with Crippen molar-refractivity contribution in [2.75, 3.05) is 19.6 Å². The van der Waals surface area contributed by atoms with Crippen LogP contribution < -0.4 is 10.6 Å². The lowest BCUT2D eigenvalue weighted by Gasteiger charge is -2.34. The van der Waals surface area contributed by atoms with Crippen LogP contribution >= 0.6 is 12.4 Å². The Balaban J connectivity index is 0.00000220. The van der Waals surface area contributed by atoms with Gasteiger partial charge in [0.1, 0.15) is 0 Å². The fourth-order valence-electron chi connectivity index (χ4n) is 2.45. The summed E-state index contributed by atoms with van der Waals surface area (Å²) < 4.78 is 5.02. The molecule has 0 aromatic carbocycles. The molecule has 6 nitrogen and oxygen atoms in total.